The summed E-state index contributed by atoms with van der Waals surface area (Å²) in [5.74, 6) is 0.0209. The summed E-state index contributed by atoms with van der Waals surface area (Å²) in [7, 11) is 0. The third-order valence-corrected chi connectivity index (χ3v) is 3.67. The van der Waals surface area contributed by atoms with Crippen molar-refractivity contribution >= 4 is 11.9 Å². The van der Waals surface area contributed by atoms with E-state index >= 15 is 0 Å². The van der Waals surface area contributed by atoms with Gasteiger partial charge in [-0.15, -0.1) is 12.5 Å². The maximum absolute atomic E-state index is 11.6. The Bertz CT molecular complexity index is 725. The zero-order valence-electron chi connectivity index (χ0n) is 15.7. The first-order valence-electron chi connectivity index (χ1n) is 8.75. The van der Waals surface area contributed by atoms with Crippen molar-refractivity contribution in [3.63, 3.8) is 0 Å². The van der Waals surface area contributed by atoms with Crippen LogP contribution in [-0.4, -0.2) is 5.78 Å². The minimum absolute atomic E-state index is 0. The molecular weight excluding hydrogens is 360 g/mol. The molecule has 0 aromatic heterocycles. The van der Waals surface area contributed by atoms with Crippen molar-refractivity contribution in [3.05, 3.63) is 89.6 Å². The van der Waals surface area contributed by atoms with E-state index in [1.54, 1.807) is 6.08 Å². The van der Waals surface area contributed by atoms with E-state index in [1.807, 2.05) is 48.6 Å². The Hall–Kier alpha value is -1.89. The van der Waals surface area contributed by atoms with Gasteiger partial charge >= 0.3 is 17.1 Å². The van der Waals surface area contributed by atoms with E-state index < -0.39 is 0 Å². The summed E-state index contributed by atoms with van der Waals surface area (Å²) in [6.07, 6.45) is 20.8. The van der Waals surface area contributed by atoms with Gasteiger partial charge in [0.25, 0.3) is 0 Å². The van der Waals surface area contributed by atoms with E-state index in [0.717, 1.165) is 24.8 Å². The minimum Gasteiger partial charge on any atom is -0.366 e. The van der Waals surface area contributed by atoms with Gasteiger partial charge in [-0.05, 0) is 11.0 Å². The van der Waals surface area contributed by atoms with E-state index in [-0.39, 0.29) is 22.9 Å². The van der Waals surface area contributed by atoms with Gasteiger partial charge in [-0.25, -0.2) is 11.6 Å². The number of allylic oxidation sites excluding steroid dienone is 9. The molecule has 0 radical (unpaired) electrons. The topological polar surface area (TPSA) is 17.1 Å². The van der Waals surface area contributed by atoms with Gasteiger partial charge in [-0.2, -0.15) is 23.8 Å². The zero-order chi connectivity index (χ0) is 18.1. The summed E-state index contributed by atoms with van der Waals surface area (Å²) < 4.78 is 0. The second kappa shape index (κ2) is 11.0. The fourth-order valence-corrected chi connectivity index (χ4v) is 2.54. The van der Waals surface area contributed by atoms with Crippen molar-refractivity contribution in [2.45, 2.75) is 40.0 Å². The maximum atomic E-state index is 11.6. The molecule has 1 nitrogen and oxygen atoms in total. The van der Waals surface area contributed by atoms with Crippen LogP contribution < -0.4 is 0 Å². The van der Waals surface area contributed by atoms with Crippen LogP contribution in [0.4, 0.5) is 0 Å². The normalized spacial score (nSPS) is 15.2. The Morgan fingerprint density at radius 3 is 2.23 bits per heavy atom. The Labute approximate surface area is 168 Å². The molecule has 136 valence electrons. The van der Waals surface area contributed by atoms with Gasteiger partial charge in [-0.3, -0.25) is 6.08 Å². The van der Waals surface area contributed by atoms with Gasteiger partial charge in [0.05, 0.1) is 5.78 Å². The largest absolute Gasteiger partial charge is 2.00 e. The van der Waals surface area contributed by atoms with Crippen molar-refractivity contribution in [1.29, 1.82) is 0 Å². The molecular formula is C24H26FeO. The van der Waals surface area contributed by atoms with Crippen LogP contribution in [-0.2, 0) is 21.9 Å². The predicted molar refractivity (Wildman–Crippen MR) is 106 cm³/mol. The number of carbonyl (C=O) groups is 1. The van der Waals surface area contributed by atoms with Crippen molar-refractivity contribution < 1.29 is 21.9 Å². The summed E-state index contributed by atoms with van der Waals surface area (Å²) in [4.78, 5) is 11.6. The minimum atomic E-state index is 0. The molecule has 0 fully saturated rings. The zero-order valence-corrected chi connectivity index (χ0v) is 16.8. The molecule has 0 N–H and O–H groups in total. The summed E-state index contributed by atoms with van der Waals surface area (Å²) in [6, 6.07) is 9.78. The molecule has 2 heteroatoms. The van der Waals surface area contributed by atoms with Gasteiger partial charge in [0.15, 0.2) is 0 Å². The van der Waals surface area contributed by atoms with E-state index in [9.17, 15) is 4.79 Å². The molecule has 0 heterocycles. The third kappa shape index (κ3) is 8.47. The van der Waals surface area contributed by atoms with Gasteiger partial charge in [0, 0.05) is 0 Å². The molecule has 26 heavy (non-hydrogen) atoms. The first-order valence-corrected chi connectivity index (χ1v) is 8.75. The van der Waals surface area contributed by atoms with E-state index in [2.05, 4.69) is 45.1 Å². The monoisotopic (exact) mass is 386 g/mol. The predicted octanol–water partition coefficient (Wildman–Crippen LogP) is 6.07. The molecule has 2 aliphatic rings. The first kappa shape index (κ1) is 22.2. The average molecular weight is 386 g/mol. The Morgan fingerprint density at radius 1 is 1.04 bits per heavy atom. The number of carbonyl (C=O) groups excluding carboxylic acids is 1. The van der Waals surface area contributed by atoms with Gasteiger partial charge in [-0.1, -0.05) is 76.1 Å². The first-order chi connectivity index (χ1) is 11.9. The maximum Gasteiger partial charge on any atom is 2.00 e. The Morgan fingerprint density at radius 2 is 1.69 bits per heavy atom. The number of ketones is 1. The SMILES string of the molecule is CC(C)(C)CC1=[C-]CC=C1.O=C(/C=C/c1ccccc1)C1=[C-]CC=C1.[Fe+2]. The van der Waals surface area contributed by atoms with Crippen LogP contribution in [0.1, 0.15) is 45.6 Å². The molecule has 0 aliphatic heterocycles. The number of rotatable bonds is 4. The smallest absolute Gasteiger partial charge is 0.366 e. The van der Waals surface area contributed by atoms with Crippen LogP contribution in [0.3, 0.4) is 0 Å². The molecule has 3 rings (SSSR count). The molecule has 0 amide bonds. The van der Waals surface area contributed by atoms with Crippen molar-refractivity contribution in [1.82, 2.24) is 0 Å². The summed E-state index contributed by atoms with van der Waals surface area (Å²) in [5.41, 5.74) is 3.50. The van der Waals surface area contributed by atoms with Gasteiger partial charge in [0.1, 0.15) is 0 Å². The van der Waals surface area contributed by atoms with Crippen LogP contribution in [0.2, 0.25) is 0 Å². The molecule has 0 saturated carbocycles. The summed E-state index contributed by atoms with van der Waals surface area (Å²) in [5, 5.41) is 0. The third-order valence-electron chi connectivity index (χ3n) is 3.67. The van der Waals surface area contributed by atoms with Crippen LogP contribution in [0.25, 0.3) is 6.08 Å². The number of benzene rings is 1. The summed E-state index contributed by atoms with van der Waals surface area (Å²) in [6.45, 7) is 6.77. The molecule has 0 bridgehead atoms. The van der Waals surface area contributed by atoms with Crippen molar-refractivity contribution in [2.24, 2.45) is 5.41 Å². The molecule has 0 saturated heterocycles. The van der Waals surface area contributed by atoms with Crippen LogP contribution in [0.15, 0.2) is 71.9 Å². The standard InChI is InChI=1S/C14H11O.C10H15.Fe/c15-14(13-8-4-5-9-13)11-10-12-6-2-1-3-7-12;1-10(2,3)8-9-6-4-5-7-9;/h1-4,6-8,10-11H,5H2;4,6H,5,8H2,1-3H3;/q2*-1;+2/b11-10+;;. The number of hydrogen-bond donors (Lipinski definition) is 0. The summed E-state index contributed by atoms with van der Waals surface area (Å²) >= 11 is 0. The average Bonchev–Trinajstić information content (AvgIpc) is 3.26. The molecule has 1 aromatic rings. The van der Waals surface area contributed by atoms with E-state index in [0.29, 0.717) is 11.0 Å². The van der Waals surface area contributed by atoms with E-state index in [4.69, 9.17) is 0 Å². The molecule has 0 spiro atoms. The molecule has 2 aliphatic carbocycles. The van der Waals surface area contributed by atoms with Crippen LogP contribution in [0, 0.1) is 17.6 Å². The molecule has 0 atom stereocenters. The Kier molecular flexibility index (Phi) is 9.33. The van der Waals surface area contributed by atoms with Crippen LogP contribution in [0.5, 0.6) is 0 Å². The van der Waals surface area contributed by atoms with Gasteiger partial charge < -0.3 is 4.79 Å². The van der Waals surface area contributed by atoms with Crippen molar-refractivity contribution in [3.8, 4) is 0 Å². The van der Waals surface area contributed by atoms with E-state index in [1.165, 1.54) is 5.57 Å². The molecule has 0 unspecified atom stereocenters. The second-order valence-electron chi connectivity index (χ2n) is 7.35. The second-order valence-corrected chi connectivity index (χ2v) is 7.35. The number of hydrogen-bond acceptors (Lipinski definition) is 1. The van der Waals surface area contributed by atoms with Crippen molar-refractivity contribution in [2.75, 3.05) is 0 Å². The fraction of sp³-hybridized carbons (Fsp3) is 0.292. The quantitative estimate of drug-likeness (QED) is 0.349. The van der Waals surface area contributed by atoms with Crippen LogP contribution >= 0.6 is 0 Å². The molecule has 1 aromatic carbocycles. The van der Waals surface area contributed by atoms with Gasteiger partial charge in [0.2, 0.25) is 0 Å². The Balaban J connectivity index is 0.000000270. The fourth-order valence-electron chi connectivity index (χ4n) is 2.54.